The van der Waals surface area contributed by atoms with Crippen LogP contribution >= 0.6 is 11.8 Å². The van der Waals surface area contributed by atoms with Gasteiger partial charge in [0.05, 0.1) is 4.90 Å². The van der Waals surface area contributed by atoms with Gasteiger partial charge < -0.3 is 4.74 Å². The van der Waals surface area contributed by atoms with Gasteiger partial charge in [-0.3, -0.25) is 4.98 Å². The zero-order valence-electron chi connectivity index (χ0n) is 15.2. The number of fused-ring (bicyclic) bond motifs is 3. The summed E-state index contributed by atoms with van der Waals surface area (Å²) in [5.74, 6) is 1.47. The monoisotopic (exact) mass is 412 g/mol. The first-order valence-corrected chi connectivity index (χ1v) is 11.8. The Hall–Kier alpha value is -2.09. The number of aromatic nitrogens is 1. The highest BCUT2D eigenvalue weighted by Gasteiger charge is 2.45. The fourth-order valence-corrected chi connectivity index (χ4v) is 7.31. The SMILES string of the molecule is O=S(=O)(c1cc(OCc2cccnc2)c2ccccc2c1)N1CC2CC1CS2. The van der Waals surface area contributed by atoms with Gasteiger partial charge in [0.15, 0.2) is 0 Å². The van der Waals surface area contributed by atoms with Crippen molar-refractivity contribution in [2.24, 2.45) is 0 Å². The Morgan fingerprint density at radius 2 is 2.07 bits per heavy atom. The summed E-state index contributed by atoms with van der Waals surface area (Å²) in [6.07, 6.45) is 4.43. The Labute approximate surface area is 168 Å². The number of ether oxygens (including phenoxy) is 1. The Bertz CT molecular complexity index is 1120. The molecule has 5 rings (SSSR count). The molecule has 7 heteroatoms. The van der Waals surface area contributed by atoms with Gasteiger partial charge in [-0.05, 0) is 23.9 Å². The Morgan fingerprint density at radius 1 is 1.18 bits per heavy atom. The van der Waals surface area contributed by atoms with Gasteiger partial charge in [-0.1, -0.05) is 30.3 Å². The molecule has 144 valence electrons. The Balaban J connectivity index is 1.53. The van der Waals surface area contributed by atoms with Crippen LogP contribution in [0.15, 0.2) is 65.8 Å². The quantitative estimate of drug-likeness (QED) is 0.640. The molecule has 0 N–H and O–H groups in total. The van der Waals surface area contributed by atoms with Gasteiger partial charge in [0, 0.05) is 53.0 Å². The molecule has 2 atom stereocenters. The third-order valence-electron chi connectivity index (χ3n) is 5.37. The number of thioether (sulfide) groups is 1. The van der Waals surface area contributed by atoms with Crippen molar-refractivity contribution >= 4 is 32.6 Å². The van der Waals surface area contributed by atoms with Crippen LogP contribution in [0.2, 0.25) is 0 Å². The van der Waals surface area contributed by atoms with Crippen molar-refractivity contribution in [2.75, 3.05) is 12.3 Å². The minimum atomic E-state index is -3.54. The zero-order chi connectivity index (χ0) is 19.1. The largest absolute Gasteiger partial charge is 0.488 e. The van der Waals surface area contributed by atoms with Gasteiger partial charge in [-0.15, -0.1) is 0 Å². The van der Waals surface area contributed by atoms with E-state index >= 15 is 0 Å². The lowest BCUT2D eigenvalue weighted by Crippen LogP contribution is -2.39. The predicted molar refractivity (Wildman–Crippen MR) is 111 cm³/mol. The smallest absolute Gasteiger partial charge is 0.243 e. The summed E-state index contributed by atoms with van der Waals surface area (Å²) >= 11 is 1.88. The second kappa shape index (κ2) is 7.06. The molecule has 5 nitrogen and oxygen atoms in total. The molecule has 2 unspecified atom stereocenters. The average Bonchev–Trinajstić information content (AvgIpc) is 3.36. The minimum Gasteiger partial charge on any atom is -0.488 e. The van der Waals surface area contributed by atoms with E-state index < -0.39 is 10.0 Å². The first kappa shape index (κ1) is 18.0. The van der Waals surface area contributed by atoms with Crippen LogP contribution in [0.4, 0.5) is 0 Å². The first-order valence-electron chi connectivity index (χ1n) is 9.29. The lowest BCUT2D eigenvalue weighted by Gasteiger charge is -2.26. The molecule has 2 saturated heterocycles. The number of hydrogen-bond donors (Lipinski definition) is 0. The lowest BCUT2D eigenvalue weighted by molar-refractivity contribution is 0.308. The summed E-state index contributed by atoms with van der Waals surface area (Å²) in [4.78, 5) is 4.42. The van der Waals surface area contributed by atoms with E-state index in [1.807, 2.05) is 48.2 Å². The molecule has 1 aromatic heterocycles. The summed E-state index contributed by atoms with van der Waals surface area (Å²) in [7, 11) is -3.54. The molecule has 0 aliphatic carbocycles. The van der Waals surface area contributed by atoms with Gasteiger partial charge in [-0.2, -0.15) is 16.1 Å². The van der Waals surface area contributed by atoms with Crippen LogP contribution in [0.3, 0.4) is 0 Å². The summed E-state index contributed by atoms with van der Waals surface area (Å²) in [6, 6.07) is 15.1. The molecule has 2 aliphatic heterocycles. The number of hydrogen-bond acceptors (Lipinski definition) is 5. The van der Waals surface area contributed by atoms with Crippen LogP contribution in [0.1, 0.15) is 12.0 Å². The molecule has 2 fully saturated rings. The molecular formula is C21H20N2O3S2. The fourth-order valence-electron chi connectivity index (χ4n) is 3.96. The van der Waals surface area contributed by atoms with E-state index in [1.54, 1.807) is 28.8 Å². The topological polar surface area (TPSA) is 59.5 Å². The van der Waals surface area contributed by atoms with Crippen molar-refractivity contribution in [3.8, 4) is 5.75 Å². The van der Waals surface area contributed by atoms with Crippen LogP contribution in [-0.4, -0.2) is 41.3 Å². The van der Waals surface area contributed by atoms with Crippen molar-refractivity contribution < 1.29 is 13.2 Å². The highest BCUT2D eigenvalue weighted by atomic mass is 32.2. The molecule has 3 aromatic rings. The maximum Gasteiger partial charge on any atom is 0.243 e. The number of sulfonamides is 1. The van der Waals surface area contributed by atoms with Crippen LogP contribution in [0.25, 0.3) is 10.8 Å². The van der Waals surface area contributed by atoms with E-state index in [9.17, 15) is 8.42 Å². The maximum atomic E-state index is 13.3. The van der Waals surface area contributed by atoms with Crippen molar-refractivity contribution in [3.63, 3.8) is 0 Å². The van der Waals surface area contributed by atoms with E-state index in [1.165, 1.54) is 0 Å². The van der Waals surface area contributed by atoms with Crippen LogP contribution in [-0.2, 0) is 16.6 Å². The van der Waals surface area contributed by atoms with E-state index in [0.717, 1.165) is 28.5 Å². The zero-order valence-corrected chi connectivity index (χ0v) is 16.8. The summed E-state index contributed by atoms with van der Waals surface area (Å²) in [6.45, 7) is 0.947. The highest BCUT2D eigenvalue weighted by Crippen LogP contribution is 2.41. The molecule has 3 heterocycles. The molecule has 2 bridgehead atoms. The van der Waals surface area contributed by atoms with Crippen molar-refractivity contribution in [2.45, 2.75) is 29.2 Å². The Morgan fingerprint density at radius 3 is 2.82 bits per heavy atom. The van der Waals surface area contributed by atoms with E-state index in [-0.39, 0.29) is 6.04 Å². The lowest BCUT2D eigenvalue weighted by atomic mass is 10.1. The van der Waals surface area contributed by atoms with Gasteiger partial charge in [-0.25, -0.2) is 8.42 Å². The van der Waals surface area contributed by atoms with Crippen molar-refractivity contribution in [1.82, 2.24) is 9.29 Å². The summed E-state index contributed by atoms with van der Waals surface area (Å²) in [5, 5.41) is 2.20. The number of rotatable bonds is 5. The van der Waals surface area contributed by atoms with E-state index in [2.05, 4.69) is 4.98 Å². The predicted octanol–water partition coefficient (Wildman–Crippen LogP) is 3.69. The molecule has 2 aliphatic rings. The van der Waals surface area contributed by atoms with E-state index in [4.69, 9.17) is 4.74 Å². The normalized spacial score (nSPS) is 22.0. The van der Waals surface area contributed by atoms with Gasteiger partial charge in [0.2, 0.25) is 10.0 Å². The maximum absolute atomic E-state index is 13.3. The minimum absolute atomic E-state index is 0.117. The first-order chi connectivity index (χ1) is 13.6. The second-order valence-electron chi connectivity index (χ2n) is 7.21. The van der Waals surface area contributed by atoms with Crippen molar-refractivity contribution in [1.29, 1.82) is 0 Å². The third-order valence-corrected chi connectivity index (χ3v) is 8.66. The van der Waals surface area contributed by atoms with Gasteiger partial charge >= 0.3 is 0 Å². The summed E-state index contributed by atoms with van der Waals surface area (Å²) in [5.41, 5.74) is 0.939. The van der Waals surface area contributed by atoms with E-state index in [0.29, 0.717) is 29.0 Å². The number of pyridine rings is 1. The van der Waals surface area contributed by atoms with Gasteiger partial charge in [0.1, 0.15) is 12.4 Å². The standard InChI is InChI=1S/C21H20N2O3S2/c24-28(25,23-12-18-9-17(23)14-27-18)19-8-16-5-1-2-6-20(16)21(10-19)26-13-15-4-3-7-22-11-15/h1-8,10-11,17-18H,9,12-14H2. The molecule has 2 aromatic carbocycles. The highest BCUT2D eigenvalue weighted by molar-refractivity contribution is 8.00. The molecule has 0 spiro atoms. The third kappa shape index (κ3) is 3.17. The van der Waals surface area contributed by atoms with Crippen LogP contribution in [0, 0.1) is 0 Å². The molecule has 28 heavy (non-hydrogen) atoms. The van der Waals surface area contributed by atoms with Gasteiger partial charge in [0.25, 0.3) is 0 Å². The van der Waals surface area contributed by atoms with Crippen molar-refractivity contribution in [3.05, 3.63) is 66.5 Å². The molecular weight excluding hydrogens is 392 g/mol. The average molecular weight is 413 g/mol. The number of nitrogens with zero attached hydrogens (tertiary/aromatic N) is 2. The van der Waals surface area contributed by atoms with Crippen LogP contribution in [0.5, 0.6) is 5.75 Å². The Kier molecular flexibility index (Phi) is 4.53. The molecule has 0 saturated carbocycles. The molecule has 0 amide bonds. The summed E-state index contributed by atoms with van der Waals surface area (Å²) < 4.78 is 34.4. The van der Waals surface area contributed by atoms with Crippen LogP contribution < -0.4 is 4.74 Å². The second-order valence-corrected chi connectivity index (χ2v) is 10.4. The fraction of sp³-hybridized carbons (Fsp3) is 0.286. The molecule has 0 radical (unpaired) electrons. The number of benzene rings is 2.